The summed E-state index contributed by atoms with van der Waals surface area (Å²) < 4.78 is 17.8. The Morgan fingerprint density at radius 2 is 1.71 bits per heavy atom. The monoisotopic (exact) mass is 532 g/mol. The van der Waals surface area contributed by atoms with Crippen molar-refractivity contribution in [1.82, 2.24) is 14.7 Å². The molecular weight excluding hydrogens is 508 g/mol. The number of anilines is 2. The van der Waals surface area contributed by atoms with E-state index in [-0.39, 0.29) is 17.3 Å². The van der Waals surface area contributed by atoms with E-state index in [0.717, 1.165) is 0 Å². The normalized spacial score (nSPS) is 13.2. The van der Waals surface area contributed by atoms with Crippen LogP contribution in [0, 0.1) is 0 Å². The van der Waals surface area contributed by atoms with Crippen LogP contribution >= 0.6 is 11.6 Å². The summed E-state index contributed by atoms with van der Waals surface area (Å²) in [5.41, 5.74) is 1.32. The Morgan fingerprint density at radius 1 is 1.00 bits per heavy atom. The third-order valence-electron chi connectivity index (χ3n) is 5.98. The summed E-state index contributed by atoms with van der Waals surface area (Å²) >= 11 is 6.00. The van der Waals surface area contributed by atoms with Crippen LogP contribution < -0.4 is 20.3 Å². The highest BCUT2D eigenvalue weighted by Crippen LogP contribution is 2.30. The van der Waals surface area contributed by atoms with Gasteiger partial charge in [0, 0.05) is 29.4 Å². The number of ether oxygens (including phenoxy) is 3. The minimum Gasteiger partial charge on any atom is -0.497 e. The van der Waals surface area contributed by atoms with Gasteiger partial charge in [0.05, 0.1) is 32.2 Å². The van der Waals surface area contributed by atoms with Gasteiger partial charge in [-0.1, -0.05) is 17.7 Å². The number of morpholine rings is 1. The van der Waals surface area contributed by atoms with Gasteiger partial charge in [-0.25, -0.2) is 0 Å². The average Bonchev–Trinajstić information content (AvgIpc) is 2.96. The van der Waals surface area contributed by atoms with Crippen LogP contribution in [0.4, 0.5) is 11.4 Å². The zero-order valence-corrected chi connectivity index (χ0v) is 21.4. The van der Waals surface area contributed by atoms with E-state index in [2.05, 4.69) is 10.4 Å². The highest BCUT2D eigenvalue weighted by molar-refractivity contribution is 6.30. The molecular formula is C28H25ClN4O5. The zero-order valence-electron chi connectivity index (χ0n) is 20.6. The molecule has 1 saturated heterocycles. The predicted molar refractivity (Wildman–Crippen MR) is 144 cm³/mol. The zero-order chi connectivity index (χ0) is 26.5. The van der Waals surface area contributed by atoms with Crippen LogP contribution in [-0.4, -0.2) is 54.0 Å². The summed E-state index contributed by atoms with van der Waals surface area (Å²) in [7, 11) is 1.57. The first-order valence-electron chi connectivity index (χ1n) is 12.0. The minimum atomic E-state index is -0.438. The van der Waals surface area contributed by atoms with E-state index in [1.807, 2.05) is 0 Å². The predicted octanol–water partition coefficient (Wildman–Crippen LogP) is 4.90. The standard InChI is InChI=1S/C28H25ClN4O5/c1-36-23-11-7-22(8-12-23)33-28(35)26(25(18-30-33)38-24-9-5-20(29)6-10-24)31-21-4-2-3-19(17-21)27(34)32-13-15-37-16-14-32/h2-12,17-18,31H,13-16H2,1H3. The molecule has 1 aliphatic rings. The van der Waals surface area contributed by atoms with Crippen LogP contribution in [0.15, 0.2) is 83.8 Å². The number of hydrogen-bond donors (Lipinski definition) is 1. The van der Waals surface area contributed by atoms with Crippen LogP contribution in [-0.2, 0) is 4.74 Å². The van der Waals surface area contributed by atoms with Crippen LogP contribution in [0.3, 0.4) is 0 Å². The Morgan fingerprint density at radius 3 is 2.42 bits per heavy atom. The molecule has 0 spiro atoms. The molecule has 4 aromatic rings. The number of aromatic nitrogens is 2. The fourth-order valence-corrected chi connectivity index (χ4v) is 4.12. The van der Waals surface area contributed by atoms with Crippen LogP contribution in [0.5, 0.6) is 17.2 Å². The van der Waals surface area contributed by atoms with Crippen molar-refractivity contribution in [3.8, 4) is 22.9 Å². The topological polar surface area (TPSA) is 94.9 Å². The smallest absolute Gasteiger partial charge is 0.299 e. The number of carbonyl (C=O) groups excluding carboxylic acids is 1. The molecule has 1 amide bonds. The fraction of sp³-hybridized carbons (Fsp3) is 0.179. The van der Waals surface area contributed by atoms with Crippen LogP contribution in [0.2, 0.25) is 5.02 Å². The van der Waals surface area contributed by atoms with E-state index in [9.17, 15) is 9.59 Å². The molecule has 2 heterocycles. The molecule has 10 heteroatoms. The molecule has 38 heavy (non-hydrogen) atoms. The second-order valence-corrected chi connectivity index (χ2v) is 8.90. The Labute approximate surface area is 224 Å². The van der Waals surface area contributed by atoms with Crippen molar-refractivity contribution in [1.29, 1.82) is 0 Å². The van der Waals surface area contributed by atoms with Crippen molar-refractivity contribution in [3.63, 3.8) is 0 Å². The highest BCUT2D eigenvalue weighted by Gasteiger charge is 2.20. The fourth-order valence-electron chi connectivity index (χ4n) is 3.99. The highest BCUT2D eigenvalue weighted by atomic mass is 35.5. The van der Waals surface area contributed by atoms with Gasteiger partial charge in [0.2, 0.25) is 0 Å². The first kappa shape index (κ1) is 25.3. The van der Waals surface area contributed by atoms with E-state index in [0.29, 0.717) is 59.8 Å². The van der Waals surface area contributed by atoms with Crippen LogP contribution in [0.25, 0.3) is 5.69 Å². The molecule has 1 aliphatic heterocycles. The van der Waals surface area contributed by atoms with Gasteiger partial charge in [-0.05, 0) is 66.7 Å². The number of carbonyl (C=O) groups is 1. The summed E-state index contributed by atoms with van der Waals surface area (Å²) in [6, 6.07) is 20.7. The summed E-state index contributed by atoms with van der Waals surface area (Å²) in [5, 5.41) is 8.05. The maximum absolute atomic E-state index is 13.7. The van der Waals surface area contributed by atoms with E-state index >= 15 is 0 Å². The van der Waals surface area contributed by atoms with Gasteiger partial charge < -0.3 is 24.4 Å². The number of nitrogens with one attached hydrogen (secondary N) is 1. The van der Waals surface area contributed by atoms with Crippen molar-refractivity contribution in [2.24, 2.45) is 0 Å². The number of halogens is 1. The largest absolute Gasteiger partial charge is 0.497 e. The number of benzene rings is 3. The molecule has 1 aromatic heterocycles. The molecule has 0 radical (unpaired) electrons. The first-order valence-corrected chi connectivity index (χ1v) is 12.3. The average molecular weight is 533 g/mol. The third kappa shape index (κ3) is 5.64. The van der Waals surface area contributed by atoms with Crippen molar-refractivity contribution in [3.05, 3.63) is 99.9 Å². The third-order valence-corrected chi connectivity index (χ3v) is 6.23. The molecule has 3 aromatic carbocycles. The molecule has 0 bridgehead atoms. The van der Waals surface area contributed by atoms with Gasteiger partial charge in [-0.2, -0.15) is 9.78 Å². The number of nitrogens with zero attached hydrogens (tertiary/aromatic N) is 3. The molecule has 5 rings (SSSR count). The molecule has 0 aliphatic carbocycles. The summed E-state index contributed by atoms with van der Waals surface area (Å²) in [5.74, 6) is 1.26. The Kier molecular flexibility index (Phi) is 7.57. The van der Waals surface area contributed by atoms with E-state index in [1.165, 1.54) is 10.9 Å². The Hall–Kier alpha value is -4.34. The van der Waals surface area contributed by atoms with Crippen LogP contribution in [0.1, 0.15) is 10.4 Å². The summed E-state index contributed by atoms with van der Waals surface area (Å²) in [4.78, 5) is 28.4. The second-order valence-electron chi connectivity index (χ2n) is 8.47. The molecule has 0 atom stereocenters. The lowest BCUT2D eigenvalue weighted by Gasteiger charge is -2.27. The SMILES string of the molecule is COc1ccc(-n2ncc(Oc3ccc(Cl)cc3)c(Nc3cccc(C(=O)N4CCOCC4)c3)c2=O)cc1. The second kappa shape index (κ2) is 11.4. The van der Waals surface area contributed by atoms with Crippen molar-refractivity contribution in [2.45, 2.75) is 0 Å². The molecule has 0 unspecified atom stereocenters. The Bertz CT molecular complexity index is 1480. The number of hydrogen-bond acceptors (Lipinski definition) is 7. The first-order chi connectivity index (χ1) is 18.5. The van der Waals surface area contributed by atoms with E-state index in [1.54, 1.807) is 84.8 Å². The van der Waals surface area contributed by atoms with Gasteiger partial charge in [0.15, 0.2) is 11.4 Å². The van der Waals surface area contributed by atoms with E-state index in [4.69, 9.17) is 25.8 Å². The number of rotatable bonds is 7. The van der Waals surface area contributed by atoms with Gasteiger partial charge in [-0.3, -0.25) is 9.59 Å². The van der Waals surface area contributed by atoms with Gasteiger partial charge >= 0.3 is 0 Å². The van der Waals surface area contributed by atoms with Crippen molar-refractivity contribution >= 4 is 28.9 Å². The lowest BCUT2D eigenvalue weighted by Crippen LogP contribution is -2.40. The molecule has 194 valence electrons. The lowest BCUT2D eigenvalue weighted by molar-refractivity contribution is 0.0303. The quantitative estimate of drug-likeness (QED) is 0.361. The van der Waals surface area contributed by atoms with Gasteiger partial charge in [0.25, 0.3) is 11.5 Å². The van der Waals surface area contributed by atoms with Crippen molar-refractivity contribution < 1.29 is 19.0 Å². The van der Waals surface area contributed by atoms with Crippen molar-refractivity contribution in [2.75, 3.05) is 38.7 Å². The van der Waals surface area contributed by atoms with Gasteiger partial charge in [-0.15, -0.1) is 0 Å². The molecule has 1 fully saturated rings. The van der Waals surface area contributed by atoms with E-state index < -0.39 is 5.56 Å². The van der Waals surface area contributed by atoms with Gasteiger partial charge in [0.1, 0.15) is 11.5 Å². The Balaban J connectivity index is 1.51. The molecule has 0 saturated carbocycles. The number of methoxy groups -OCH3 is 1. The molecule has 1 N–H and O–H groups in total. The summed E-state index contributed by atoms with van der Waals surface area (Å²) in [6.45, 7) is 2.09. The maximum Gasteiger partial charge on any atom is 0.299 e. The minimum absolute atomic E-state index is 0.0973. The lowest BCUT2D eigenvalue weighted by atomic mass is 10.1. The maximum atomic E-state index is 13.7. The molecule has 9 nitrogen and oxygen atoms in total. The number of amides is 1. The summed E-state index contributed by atoms with van der Waals surface area (Å²) in [6.07, 6.45) is 1.46.